The zero-order valence-corrected chi connectivity index (χ0v) is 10.9. The normalized spacial score (nSPS) is 10.1. The van der Waals surface area contributed by atoms with Crippen molar-refractivity contribution in [2.24, 2.45) is 0 Å². The molecular weight excluding hydrogens is 260 g/mol. The number of amides is 2. The number of nitrogens with zero attached hydrogens (tertiary/aromatic N) is 1. The molecule has 1 aromatic carbocycles. The number of rotatable bonds is 4. The fourth-order valence-electron chi connectivity index (χ4n) is 1.64. The molecule has 1 heterocycles. The lowest BCUT2D eigenvalue weighted by Crippen LogP contribution is -2.36. The topological polar surface area (TPSA) is 82.8 Å². The van der Waals surface area contributed by atoms with Gasteiger partial charge in [-0.25, -0.2) is 9.59 Å². The molecule has 0 aliphatic heterocycles. The molecule has 0 saturated heterocycles. The van der Waals surface area contributed by atoms with E-state index in [1.54, 1.807) is 7.05 Å². The molecule has 2 aromatic rings. The van der Waals surface area contributed by atoms with Crippen LogP contribution in [0.25, 0.3) is 0 Å². The molecule has 0 aliphatic carbocycles. The highest BCUT2D eigenvalue weighted by molar-refractivity contribution is 5.91. The van der Waals surface area contributed by atoms with Crippen LogP contribution in [0.4, 0.5) is 10.5 Å². The summed E-state index contributed by atoms with van der Waals surface area (Å²) in [6, 6.07) is 11.7. The van der Waals surface area contributed by atoms with Crippen LogP contribution in [-0.2, 0) is 6.54 Å². The number of aromatic carboxylic acids is 1. The number of benzene rings is 1. The predicted octanol–water partition coefficient (Wildman–Crippen LogP) is 2.32. The van der Waals surface area contributed by atoms with Gasteiger partial charge in [0.1, 0.15) is 5.76 Å². The molecule has 104 valence electrons. The quantitative estimate of drug-likeness (QED) is 0.896. The molecular formula is C14H14N2O4. The largest absolute Gasteiger partial charge is 0.475 e. The van der Waals surface area contributed by atoms with Crippen LogP contribution < -0.4 is 10.2 Å². The van der Waals surface area contributed by atoms with Gasteiger partial charge in [-0.3, -0.25) is 4.90 Å². The summed E-state index contributed by atoms with van der Waals surface area (Å²) in [7, 11) is 1.65. The van der Waals surface area contributed by atoms with Gasteiger partial charge in [0.05, 0.1) is 6.54 Å². The fraction of sp³-hybridized carbons (Fsp3) is 0.143. The van der Waals surface area contributed by atoms with E-state index in [1.165, 1.54) is 17.0 Å². The lowest BCUT2D eigenvalue weighted by atomic mass is 10.3. The molecule has 2 amide bonds. The molecule has 0 aliphatic rings. The summed E-state index contributed by atoms with van der Waals surface area (Å²) in [4.78, 5) is 24.0. The summed E-state index contributed by atoms with van der Waals surface area (Å²) in [6.07, 6.45) is 0. The second kappa shape index (κ2) is 5.92. The fourth-order valence-corrected chi connectivity index (χ4v) is 1.64. The van der Waals surface area contributed by atoms with E-state index in [0.29, 0.717) is 5.76 Å². The lowest BCUT2D eigenvalue weighted by Gasteiger charge is -2.17. The van der Waals surface area contributed by atoms with Crippen molar-refractivity contribution in [2.45, 2.75) is 6.54 Å². The summed E-state index contributed by atoms with van der Waals surface area (Å²) >= 11 is 0. The number of para-hydroxylation sites is 1. The minimum atomic E-state index is -1.14. The van der Waals surface area contributed by atoms with E-state index >= 15 is 0 Å². The van der Waals surface area contributed by atoms with Crippen molar-refractivity contribution in [1.82, 2.24) is 5.32 Å². The van der Waals surface area contributed by atoms with E-state index in [4.69, 9.17) is 9.52 Å². The molecule has 0 bridgehead atoms. The summed E-state index contributed by atoms with van der Waals surface area (Å²) in [5, 5.41) is 11.4. The van der Waals surface area contributed by atoms with Gasteiger partial charge in [-0.1, -0.05) is 18.2 Å². The average molecular weight is 274 g/mol. The first-order valence-corrected chi connectivity index (χ1v) is 5.96. The van der Waals surface area contributed by atoms with Gasteiger partial charge >= 0.3 is 12.0 Å². The number of nitrogens with one attached hydrogen (secondary N) is 1. The molecule has 0 atom stereocenters. The van der Waals surface area contributed by atoms with Crippen LogP contribution >= 0.6 is 0 Å². The van der Waals surface area contributed by atoms with Gasteiger partial charge in [-0.2, -0.15) is 0 Å². The van der Waals surface area contributed by atoms with Crippen LogP contribution in [0.3, 0.4) is 0 Å². The van der Waals surface area contributed by atoms with Crippen molar-refractivity contribution < 1.29 is 19.1 Å². The number of carboxylic acid groups (broad SMARTS) is 1. The van der Waals surface area contributed by atoms with Crippen LogP contribution in [0, 0.1) is 0 Å². The average Bonchev–Trinajstić information content (AvgIpc) is 2.94. The molecule has 6 nitrogen and oxygen atoms in total. The van der Waals surface area contributed by atoms with E-state index in [2.05, 4.69) is 5.32 Å². The Hall–Kier alpha value is -2.76. The van der Waals surface area contributed by atoms with Crippen molar-refractivity contribution in [3.05, 3.63) is 54.0 Å². The van der Waals surface area contributed by atoms with Gasteiger partial charge < -0.3 is 14.8 Å². The Morgan fingerprint density at radius 3 is 2.50 bits per heavy atom. The first kappa shape index (κ1) is 13.7. The third-order valence-electron chi connectivity index (χ3n) is 2.73. The van der Waals surface area contributed by atoms with Gasteiger partial charge in [0.25, 0.3) is 0 Å². The van der Waals surface area contributed by atoms with E-state index in [0.717, 1.165) is 5.69 Å². The molecule has 0 saturated carbocycles. The summed E-state index contributed by atoms with van der Waals surface area (Å²) < 4.78 is 5.05. The minimum absolute atomic E-state index is 0.128. The van der Waals surface area contributed by atoms with Gasteiger partial charge in [0.2, 0.25) is 5.76 Å². The highest BCUT2D eigenvalue weighted by atomic mass is 16.4. The van der Waals surface area contributed by atoms with Crippen LogP contribution in [0.15, 0.2) is 46.9 Å². The maximum absolute atomic E-state index is 11.9. The Balaban J connectivity index is 1.93. The molecule has 20 heavy (non-hydrogen) atoms. The molecule has 6 heteroatoms. The van der Waals surface area contributed by atoms with Crippen LogP contribution in [-0.4, -0.2) is 24.2 Å². The third kappa shape index (κ3) is 3.17. The number of carboxylic acids is 1. The maximum Gasteiger partial charge on any atom is 0.371 e. The van der Waals surface area contributed by atoms with Crippen molar-refractivity contribution >= 4 is 17.7 Å². The van der Waals surface area contributed by atoms with Crippen molar-refractivity contribution in [2.75, 3.05) is 11.9 Å². The van der Waals surface area contributed by atoms with E-state index in [1.807, 2.05) is 30.3 Å². The minimum Gasteiger partial charge on any atom is -0.475 e. The Bertz CT molecular complexity index is 607. The predicted molar refractivity (Wildman–Crippen MR) is 72.7 cm³/mol. The first-order valence-electron chi connectivity index (χ1n) is 5.96. The van der Waals surface area contributed by atoms with E-state index in [-0.39, 0.29) is 18.3 Å². The summed E-state index contributed by atoms with van der Waals surface area (Å²) in [5.41, 5.74) is 0.760. The van der Waals surface area contributed by atoms with Crippen LogP contribution in [0.2, 0.25) is 0 Å². The Kier molecular flexibility index (Phi) is 4.05. The molecule has 0 fully saturated rings. The Labute approximate surface area is 115 Å². The zero-order valence-electron chi connectivity index (χ0n) is 10.9. The molecule has 0 radical (unpaired) electrons. The zero-order chi connectivity index (χ0) is 14.5. The number of carbonyl (C=O) groups is 2. The highest BCUT2D eigenvalue weighted by Crippen LogP contribution is 2.11. The number of furan rings is 1. The molecule has 1 aromatic heterocycles. The van der Waals surface area contributed by atoms with Crippen LogP contribution in [0.5, 0.6) is 0 Å². The second-order valence-corrected chi connectivity index (χ2v) is 4.12. The maximum atomic E-state index is 11.9. The lowest BCUT2D eigenvalue weighted by molar-refractivity contribution is 0.0660. The number of urea groups is 1. The molecule has 0 unspecified atom stereocenters. The van der Waals surface area contributed by atoms with E-state index in [9.17, 15) is 9.59 Å². The smallest absolute Gasteiger partial charge is 0.371 e. The van der Waals surface area contributed by atoms with E-state index < -0.39 is 5.97 Å². The van der Waals surface area contributed by atoms with Crippen molar-refractivity contribution in [3.8, 4) is 0 Å². The Morgan fingerprint density at radius 2 is 1.90 bits per heavy atom. The summed E-state index contributed by atoms with van der Waals surface area (Å²) in [5.74, 6) is -0.896. The number of hydrogen-bond acceptors (Lipinski definition) is 3. The SMILES string of the molecule is CN(C(=O)NCc1ccc(C(=O)O)o1)c1ccccc1. The van der Waals surface area contributed by atoms with Gasteiger partial charge in [0, 0.05) is 12.7 Å². The van der Waals surface area contributed by atoms with Crippen molar-refractivity contribution in [1.29, 1.82) is 0 Å². The highest BCUT2D eigenvalue weighted by Gasteiger charge is 2.12. The Morgan fingerprint density at radius 1 is 1.20 bits per heavy atom. The third-order valence-corrected chi connectivity index (χ3v) is 2.73. The number of carbonyl (C=O) groups excluding carboxylic acids is 1. The van der Waals surface area contributed by atoms with Gasteiger partial charge in [-0.15, -0.1) is 0 Å². The molecule has 2 N–H and O–H groups in total. The number of hydrogen-bond donors (Lipinski definition) is 2. The summed E-state index contributed by atoms with van der Waals surface area (Å²) in [6.45, 7) is 0.128. The van der Waals surface area contributed by atoms with Crippen LogP contribution in [0.1, 0.15) is 16.3 Å². The van der Waals surface area contributed by atoms with Gasteiger partial charge in [-0.05, 0) is 24.3 Å². The van der Waals surface area contributed by atoms with Gasteiger partial charge in [0.15, 0.2) is 0 Å². The molecule has 0 spiro atoms. The molecule has 2 rings (SSSR count). The van der Waals surface area contributed by atoms with Crippen molar-refractivity contribution in [3.63, 3.8) is 0 Å². The monoisotopic (exact) mass is 274 g/mol. The number of anilines is 1. The second-order valence-electron chi connectivity index (χ2n) is 4.12. The standard InChI is InChI=1S/C14H14N2O4/c1-16(10-5-3-2-4-6-10)14(19)15-9-11-7-8-12(20-11)13(17)18/h2-8H,9H2,1H3,(H,15,19)(H,17,18). The first-order chi connectivity index (χ1) is 9.58.